The van der Waals surface area contributed by atoms with Gasteiger partial charge in [-0.2, -0.15) is 0 Å². The first-order valence-electron chi connectivity index (χ1n) is 10.5. The Kier molecular flexibility index (Phi) is 7.07. The summed E-state index contributed by atoms with van der Waals surface area (Å²) in [4.78, 5) is 6.88. The molecule has 4 aromatic heterocycles. The second kappa shape index (κ2) is 9.62. The second-order valence-corrected chi connectivity index (χ2v) is 11.6. The van der Waals surface area contributed by atoms with Gasteiger partial charge in [0.15, 0.2) is 16.0 Å². The average molecular weight is 479 g/mol. The number of aromatic nitrogens is 6. The topological polar surface area (TPSA) is 66.9 Å². The lowest BCUT2D eigenvalue weighted by atomic mass is 10.2. The standard InChI is InChI=1S/C20H30N8S3/c1-13-14(2)31-17-15(13)16-21-23-19(29-11-7-9-25(3)4)27(16)18-22-24-20(28(17)18)30-12-8-10-26(5)6/h7-12H2,1-6H3. The van der Waals surface area contributed by atoms with Crippen LogP contribution < -0.4 is 0 Å². The van der Waals surface area contributed by atoms with Crippen LogP contribution >= 0.6 is 34.9 Å². The molecule has 0 bridgehead atoms. The maximum atomic E-state index is 4.59. The molecule has 4 aromatic rings. The van der Waals surface area contributed by atoms with E-state index in [1.54, 1.807) is 34.9 Å². The lowest BCUT2D eigenvalue weighted by Crippen LogP contribution is -2.13. The maximum absolute atomic E-state index is 4.59. The molecule has 0 radical (unpaired) electrons. The molecule has 0 fully saturated rings. The summed E-state index contributed by atoms with van der Waals surface area (Å²) in [7, 11) is 8.43. The highest BCUT2D eigenvalue weighted by molar-refractivity contribution is 7.99. The Morgan fingerprint density at radius 1 is 0.806 bits per heavy atom. The Morgan fingerprint density at radius 2 is 1.39 bits per heavy atom. The van der Waals surface area contributed by atoms with Crippen LogP contribution in [0, 0.1) is 13.8 Å². The van der Waals surface area contributed by atoms with Crippen LogP contribution in [0.15, 0.2) is 10.3 Å². The number of rotatable bonds is 10. The molecule has 0 saturated carbocycles. The Morgan fingerprint density at radius 3 is 2.00 bits per heavy atom. The Hall–Kier alpha value is -1.40. The first-order valence-corrected chi connectivity index (χ1v) is 13.2. The number of nitrogens with zero attached hydrogens (tertiary/aromatic N) is 8. The minimum absolute atomic E-state index is 0.805. The molecule has 0 aliphatic rings. The number of hydrogen-bond donors (Lipinski definition) is 0. The lowest BCUT2D eigenvalue weighted by Gasteiger charge is -2.09. The summed E-state index contributed by atoms with van der Waals surface area (Å²) in [5, 5.41) is 21.3. The normalized spacial score (nSPS) is 12.5. The number of aryl methyl sites for hydroxylation is 2. The summed E-state index contributed by atoms with van der Waals surface area (Å²) >= 11 is 5.30. The van der Waals surface area contributed by atoms with Gasteiger partial charge in [-0.1, -0.05) is 23.5 Å². The van der Waals surface area contributed by atoms with E-state index in [2.05, 4.69) is 81.0 Å². The Labute approximate surface area is 195 Å². The van der Waals surface area contributed by atoms with Gasteiger partial charge in [-0.15, -0.1) is 31.7 Å². The largest absolute Gasteiger partial charge is 0.309 e. The van der Waals surface area contributed by atoms with Crippen LogP contribution in [-0.2, 0) is 0 Å². The molecule has 0 spiro atoms. The first kappa shape index (κ1) is 22.8. The second-order valence-electron chi connectivity index (χ2n) is 8.23. The molecule has 0 aliphatic carbocycles. The molecule has 0 unspecified atom stereocenters. The van der Waals surface area contributed by atoms with Gasteiger partial charge >= 0.3 is 0 Å². The van der Waals surface area contributed by atoms with E-state index in [0.29, 0.717) is 0 Å². The number of thioether (sulfide) groups is 2. The quantitative estimate of drug-likeness (QED) is 0.253. The molecule has 8 nitrogen and oxygen atoms in total. The van der Waals surface area contributed by atoms with Crippen molar-refractivity contribution in [3.8, 4) is 0 Å². The van der Waals surface area contributed by atoms with Crippen molar-refractivity contribution in [3.05, 3.63) is 10.4 Å². The van der Waals surface area contributed by atoms with Crippen molar-refractivity contribution >= 4 is 56.5 Å². The number of thiophene rings is 1. The molecule has 0 aliphatic heterocycles. The zero-order valence-corrected chi connectivity index (χ0v) is 21.5. The van der Waals surface area contributed by atoms with Gasteiger partial charge in [0.25, 0.3) is 0 Å². The van der Waals surface area contributed by atoms with Gasteiger partial charge < -0.3 is 9.80 Å². The summed E-state index contributed by atoms with van der Waals surface area (Å²) in [5.74, 6) is 2.81. The monoisotopic (exact) mass is 478 g/mol. The highest BCUT2D eigenvalue weighted by Gasteiger charge is 2.22. The molecule has 4 rings (SSSR count). The Balaban J connectivity index is 1.76. The van der Waals surface area contributed by atoms with Crippen LogP contribution in [-0.4, -0.2) is 91.8 Å². The number of hydrogen-bond acceptors (Lipinski definition) is 9. The highest BCUT2D eigenvalue weighted by Crippen LogP contribution is 2.36. The highest BCUT2D eigenvalue weighted by atomic mass is 32.2. The van der Waals surface area contributed by atoms with Crippen LogP contribution in [0.1, 0.15) is 23.3 Å². The van der Waals surface area contributed by atoms with E-state index < -0.39 is 0 Å². The van der Waals surface area contributed by atoms with Crippen molar-refractivity contribution < 1.29 is 0 Å². The van der Waals surface area contributed by atoms with E-state index in [4.69, 9.17) is 0 Å². The molecule has 168 valence electrons. The van der Waals surface area contributed by atoms with Crippen molar-refractivity contribution in [2.75, 3.05) is 52.8 Å². The van der Waals surface area contributed by atoms with Crippen molar-refractivity contribution in [2.24, 2.45) is 0 Å². The minimum atomic E-state index is 0.805. The SMILES string of the molecule is Cc1sc2c(c1C)c1nnc(SCCCN(C)C)n1c1nnc(SCCCN(C)C)n21. The lowest BCUT2D eigenvalue weighted by molar-refractivity contribution is 0.410. The summed E-state index contributed by atoms with van der Waals surface area (Å²) in [5.41, 5.74) is 2.15. The molecule has 0 N–H and O–H groups in total. The van der Waals surface area contributed by atoms with Crippen LogP contribution in [0.4, 0.5) is 0 Å². The molecular formula is C20H30N8S3. The van der Waals surface area contributed by atoms with Gasteiger partial charge in [0.2, 0.25) is 5.78 Å². The van der Waals surface area contributed by atoms with Gasteiger partial charge in [-0.25, -0.2) is 8.80 Å². The molecule has 0 amide bonds. The first-order chi connectivity index (χ1) is 14.9. The predicted octanol–water partition coefficient (Wildman–Crippen LogP) is 3.69. The van der Waals surface area contributed by atoms with E-state index in [9.17, 15) is 0 Å². The van der Waals surface area contributed by atoms with Crippen molar-refractivity contribution in [3.63, 3.8) is 0 Å². The molecule has 11 heteroatoms. The third-order valence-corrected chi connectivity index (χ3v) is 8.43. The number of fused-ring (bicyclic) bond motifs is 6. The van der Waals surface area contributed by atoms with Gasteiger partial charge in [0.1, 0.15) is 4.83 Å². The third-order valence-electron chi connectivity index (χ3n) is 5.20. The van der Waals surface area contributed by atoms with E-state index in [1.807, 2.05) is 0 Å². The molecular weight excluding hydrogens is 448 g/mol. The molecule has 0 saturated heterocycles. The summed E-state index contributed by atoms with van der Waals surface area (Å²) in [6.07, 6.45) is 2.21. The third kappa shape index (κ3) is 4.56. The van der Waals surface area contributed by atoms with Gasteiger partial charge in [0.05, 0.1) is 5.39 Å². The summed E-state index contributed by atoms with van der Waals surface area (Å²) < 4.78 is 4.30. The van der Waals surface area contributed by atoms with Gasteiger partial charge in [0, 0.05) is 16.4 Å². The molecule has 0 aromatic carbocycles. The van der Waals surface area contributed by atoms with Crippen LogP contribution in [0.25, 0.3) is 21.6 Å². The minimum Gasteiger partial charge on any atom is -0.309 e. The predicted molar refractivity (Wildman–Crippen MR) is 132 cm³/mol. The maximum Gasteiger partial charge on any atom is 0.245 e. The Bertz CT molecular complexity index is 1190. The molecule has 4 heterocycles. The average Bonchev–Trinajstić information content (AvgIpc) is 3.39. The molecule has 31 heavy (non-hydrogen) atoms. The van der Waals surface area contributed by atoms with Crippen LogP contribution in [0.5, 0.6) is 0 Å². The van der Waals surface area contributed by atoms with Gasteiger partial charge in [-0.3, -0.25) is 0 Å². The van der Waals surface area contributed by atoms with Crippen LogP contribution in [0.3, 0.4) is 0 Å². The smallest absolute Gasteiger partial charge is 0.245 e. The van der Waals surface area contributed by atoms with E-state index in [-0.39, 0.29) is 0 Å². The van der Waals surface area contributed by atoms with Crippen molar-refractivity contribution in [1.29, 1.82) is 0 Å². The summed E-state index contributed by atoms with van der Waals surface area (Å²) in [6, 6.07) is 0. The van der Waals surface area contributed by atoms with E-state index in [0.717, 1.165) is 69.4 Å². The fourth-order valence-corrected chi connectivity index (χ4v) is 6.42. The zero-order valence-electron chi connectivity index (χ0n) is 19.0. The van der Waals surface area contributed by atoms with Crippen LogP contribution in [0.2, 0.25) is 0 Å². The van der Waals surface area contributed by atoms with E-state index >= 15 is 0 Å². The van der Waals surface area contributed by atoms with Crippen molar-refractivity contribution in [1.82, 2.24) is 39.0 Å². The molecule has 0 atom stereocenters. The van der Waals surface area contributed by atoms with E-state index in [1.165, 1.54) is 10.4 Å². The fraction of sp³-hybridized carbons (Fsp3) is 0.600. The summed E-state index contributed by atoms with van der Waals surface area (Å²) in [6.45, 7) is 6.47. The van der Waals surface area contributed by atoms with Gasteiger partial charge in [-0.05, 0) is 73.5 Å². The zero-order chi connectivity index (χ0) is 22.1. The fourth-order valence-electron chi connectivity index (χ4n) is 3.50. The van der Waals surface area contributed by atoms with Crippen molar-refractivity contribution in [2.45, 2.75) is 37.0 Å².